The Morgan fingerprint density at radius 2 is 0.618 bits per heavy atom. The van der Waals surface area contributed by atoms with E-state index >= 15 is 0 Å². The molecule has 0 aromatic rings. The third-order valence-electron chi connectivity index (χ3n) is 12.4. The molecule has 0 saturated heterocycles. The molecule has 0 amide bonds. The van der Waals surface area contributed by atoms with Gasteiger partial charge in [-0.2, -0.15) is 0 Å². The summed E-state index contributed by atoms with van der Waals surface area (Å²) in [6.07, 6.45) is 25.6. The average Bonchev–Trinajstić information content (AvgIpc) is 2.85. The molecule has 0 aromatic carbocycles. The summed E-state index contributed by atoms with van der Waals surface area (Å²) in [7, 11) is 11.0. The first-order valence-corrected chi connectivity index (χ1v) is 18.3. The molecule has 200 valence electrons. The fourth-order valence-corrected chi connectivity index (χ4v) is 23.5. The molecule has 34 heavy (non-hydrogen) atoms. The van der Waals surface area contributed by atoms with Gasteiger partial charge in [-0.3, -0.25) is 0 Å². The molecule has 4 heteroatoms. The molecule has 3 aliphatic carbocycles. The predicted molar refractivity (Wildman–Crippen MR) is 169 cm³/mol. The molecule has 3 rings (SSSR count). The van der Waals surface area contributed by atoms with Crippen LogP contribution in [0.25, 0.3) is 0 Å². The van der Waals surface area contributed by atoms with E-state index in [9.17, 15) is 0 Å². The minimum Gasteiger partial charge on any atom is -0.126 e. The molecule has 0 N–H and O–H groups in total. The van der Waals surface area contributed by atoms with Gasteiger partial charge < -0.3 is 0 Å². The summed E-state index contributed by atoms with van der Waals surface area (Å²) in [5.74, 6) is 0. The Morgan fingerprint density at radius 3 is 0.824 bits per heavy atom. The lowest BCUT2D eigenvalue weighted by Crippen LogP contribution is -2.59. The Bertz CT molecular complexity index is 574. The van der Waals surface area contributed by atoms with Crippen molar-refractivity contribution < 1.29 is 0 Å². The van der Waals surface area contributed by atoms with Gasteiger partial charge in [0.2, 0.25) is 0 Å². The minimum absolute atomic E-state index is 0.271. The van der Waals surface area contributed by atoms with Crippen LogP contribution in [0.15, 0.2) is 0 Å². The van der Waals surface area contributed by atoms with E-state index in [1.807, 2.05) is 0 Å². The van der Waals surface area contributed by atoms with Crippen molar-refractivity contribution in [3.8, 4) is 0 Å². The molecule has 0 aromatic heterocycles. The standard InChI is InChI=1S/C30H60P4/c1-7-25(8-2)19-13-16-22-28(25,31)34(29(32)23-17-14-20-26(29,9-3)10-4)30(33)24-18-15-21-27(30,11-5)12-6/h7-24,31-33H2,1-6H3. The van der Waals surface area contributed by atoms with Crippen molar-refractivity contribution >= 4 is 35.6 Å². The van der Waals surface area contributed by atoms with E-state index in [1.165, 1.54) is 116 Å². The Labute approximate surface area is 223 Å². The van der Waals surface area contributed by atoms with Gasteiger partial charge in [-0.1, -0.05) is 88.0 Å². The average molecular weight is 545 g/mol. The van der Waals surface area contributed by atoms with Gasteiger partial charge in [-0.05, 0) is 93.3 Å². The molecule has 6 atom stereocenters. The van der Waals surface area contributed by atoms with E-state index < -0.39 is 0 Å². The van der Waals surface area contributed by atoms with Crippen LogP contribution in [0.3, 0.4) is 0 Å². The summed E-state index contributed by atoms with van der Waals surface area (Å²) >= 11 is 0. The highest BCUT2D eigenvalue weighted by atomic mass is 31.2. The van der Waals surface area contributed by atoms with Crippen LogP contribution in [0.4, 0.5) is 0 Å². The molecular weight excluding hydrogens is 484 g/mol. The highest BCUT2D eigenvalue weighted by Gasteiger charge is 2.69. The normalized spacial score (nSPS) is 38.4. The van der Waals surface area contributed by atoms with Crippen molar-refractivity contribution in [1.29, 1.82) is 0 Å². The topological polar surface area (TPSA) is 0 Å². The number of rotatable bonds is 9. The zero-order valence-electron chi connectivity index (χ0n) is 23.9. The summed E-state index contributed by atoms with van der Waals surface area (Å²) in [6, 6.07) is 0. The maximum absolute atomic E-state index is 3.76. The molecule has 3 saturated carbocycles. The monoisotopic (exact) mass is 544 g/mol. The van der Waals surface area contributed by atoms with Crippen molar-refractivity contribution in [3.05, 3.63) is 0 Å². The largest absolute Gasteiger partial charge is 0.126 e. The van der Waals surface area contributed by atoms with E-state index in [-0.39, 0.29) is 7.92 Å². The third kappa shape index (κ3) is 4.29. The SMILES string of the molecule is CCC1(CC)CCCCC1(P)P(C1(P)CCCCC1(CC)CC)C1(P)CCCCC1(CC)CC. The smallest absolute Gasteiger partial charge is 0.0121 e. The zero-order valence-corrected chi connectivity index (χ0v) is 28.3. The fraction of sp³-hybridized carbons (Fsp3) is 1.00. The van der Waals surface area contributed by atoms with Crippen LogP contribution in [0.2, 0.25) is 0 Å². The van der Waals surface area contributed by atoms with E-state index in [0.717, 1.165) is 0 Å². The van der Waals surface area contributed by atoms with Crippen LogP contribution < -0.4 is 0 Å². The van der Waals surface area contributed by atoms with Crippen molar-refractivity contribution in [3.63, 3.8) is 0 Å². The van der Waals surface area contributed by atoms with Gasteiger partial charge >= 0.3 is 0 Å². The number of hydrogen-bond acceptors (Lipinski definition) is 0. The molecular formula is C30H60P4. The fourth-order valence-electron chi connectivity index (χ4n) is 9.78. The molecule has 0 radical (unpaired) electrons. The van der Waals surface area contributed by atoms with Gasteiger partial charge in [0.1, 0.15) is 0 Å². The Balaban J connectivity index is 2.37. The van der Waals surface area contributed by atoms with Crippen LogP contribution in [0.5, 0.6) is 0 Å². The summed E-state index contributed by atoms with van der Waals surface area (Å²) in [5, 5.41) is 0. The summed E-state index contributed by atoms with van der Waals surface area (Å²) in [5.41, 5.74) is 1.47. The van der Waals surface area contributed by atoms with Gasteiger partial charge in [0.25, 0.3) is 0 Å². The van der Waals surface area contributed by atoms with E-state index in [2.05, 4.69) is 69.3 Å². The third-order valence-corrected chi connectivity index (χ3v) is 21.9. The van der Waals surface area contributed by atoms with Crippen LogP contribution in [0, 0.1) is 16.2 Å². The van der Waals surface area contributed by atoms with E-state index in [4.69, 9.17) is 0 Å². The Hall–Kier alpha value is 1.72. The van der Waals surface area contributed by atoms with Crippen molar-refractivity contribution in [2.45, 2.75) is 172 Å². The summed E-state index contributed by atoms with van der Waals surface area (Å²) < 4.78 is 0. The molecule has 0 spiro atoms. The predicted octanol–water partition coefficient (Wildman–Crippen LogP) is 11.3. The van der Waals surface area contributed by atoms with Crippen LogP contribution in [-0.2, 0) is 0 Å². The van der Waals surface area contributed by atoms with Gasteiger partial charge in [0.05, 0.1) is 0 Å². The molecule has 0 heterocycles. The van der Waals surface area contributed by atoms with Crippen LogP contribution in [-0.4, -0.2) is 14.7 Å². The second-order valence-electron chi connectivity index (χ2n) is 12.7. The first kappa shape index (κ1) is 30.3. The second kappa shape index (κ2) is 11.4. The molecule has 0 aliphatic heterocycles. The Morgan fingerprint density at radius 1 is 0.412 bits per heavy atom. The van der Waals surface area contributed by atoms with Crippen LogP contribution >= 0.6 is 35.6 Å². The van der Waals surface area contributed by atoms with Gasteiger partial charge in [-0.15, -0.1) is 27.7 Å². The Kier molecular flexibility index (Phi) is 10.2. The summed E-state index contributed by atoms with van der Waals surface area (Å²) in [4.78, 5) is 1.19. The summed E-state index contributed by atoms with van der Waals surface area (Å²) in [6.45, 7) is 15.3. The molecule has 3 fully saturated rings. The molecule has 0 bridgehead atoms. The van der Waals surface area contributed by atoms with Crippen LogP contribution in [0.1, 0.15) is 157 Å². The lowest BCUT2D eigenvalue weighted by molar-refractivity contribution is 0.119. The quantitative estimate of drug-likeness (QED) is 0.253. The van der Waals surface area contributed by atoms with Gasteiger partial charge in [0, 0.05) is 14.7 Å². The van der Waals surface area contributed by atoms with Crippen molar-refractivity contribution in [1.82, 2.24) is 0 Å². The lowest BCUT2D eigenvalue weighted by atomic mass is 9.68. The van der Waals surface area contributed by atoms with Crippen molar-refractivity contribution in [2.24, 2.45) is 16.2 Å². The maximum Gasteiger partial charge on any atom is 0.0121 e. The second-order valence-corrected chi connectivity index (χ2v) is 20.2. The first-order chi connectivity index (χ1) is 16.1. The van der Waals surface area contributed by atoms with Crippen molar-refractivity contribution in [2.75, 3.05) is 0 Å². The van der Waals surface area contributed by atoms with E-state index in [0.29, 0.717) is 30.9 Å². The van der Waals surface area contributed by atoms with Gasteiger partial charge in [0.15, 0.2) is 0 Å². The zero-order chi connectivity index (χ0) is 25.3. The molecule has 6 unspecified atom stereocenters. The first-order valence-electron chi connectivity index (χ1n) is 15.3. The highest BCUT2D eigenvalue weighted by Crippen LogP contribution is 2.89. The minimum atomic E-state index is -0.271. The lowest BCUT2D eigenvalue weighted by Gasteiger charge is -2.72. The molecule has 0 nitrogen and oxygen atoms in total. The maximum atomic E-state index is 3.76. The van der Waals surface area contributed by atoms with Gasteiger partial charge in [-0.25, -0.2) is 0 Å². The number of hydrogen-bond donors (Lipinski definition) is 0. The molecule has 3 aliphatic rings. The van der Waals surface area contributed by atoms with E-state index in [1.54, 1.807) is 0 Å². The highest BCUT2D eigenvalue weighted by molar-refractivity contribution is 7.79.